The Morgan fingerprint density at radius 1 is 0.944 bits per heavy atom. The van der Waals surface area contributed by atoms with Gasteiger partial charge in [-0.3, -0.25) is 0 Å². The maximum Gasteiger partial charge on any atom is 0.162 e. The van der Waals surface area contributed by atoms with Crippen molar-refractivity contribution in [3.8, 4) is 0 Å². The molecule has 0 amide bonds. The van der Waals surface area contributed by atoms with Crippen LogP contribution in [0.2, 0.25) is 0 Å². The second kappa shape index (κ2) is 5.74. The summed E-state index contributed by atoms with van der Waals surface area (Å²) in [6.45, 7) is 0. The van der Waals surface area contributed by atoms with Crippen LogP contribution in [0.15, 0.2) is 48.5 Å². The van der Waals surface area contributed by atoms with E-state index in [-0.39, 0.29) is 0 Å². The van der Waals surface area contributed by atoms with Gasteiger partial charge in [-0.25, -0.2) is 8.78 Å². The zero-order valence-corrected chi connectivity index (χ0v) is 9.81. The van der Waals surface area contributed by atoms with Crippen molar-refractivity contribution in [3.05, 3.63) is 71.3 Å². The highest BCUT2D eigenvalue weighted by molar-refractivity contribution is 5.21. The smallest absolute Gasteiger partial charge is 0.162 e. The summed E-state index contributed by atoms with van der Waals surface area (Å²) in [5.74, 6) is -1.67. The van der Waals surface area contributed by atoms with E-state index in [1.165, 1.54) is 12.1 Å². The van der Waals surface area contributed by atoms with Crippen molar-refractivity contribution >= 4 is 0 Å². The highest BCUT2D eigenvalue weighted by atomic mass is 19.2. The molecular formula is C15H14F2O. The number of aryl methyl sites for hydroxylation is 1. The maximum absolute atomic E-state index is 13.4. The summed E-state index contributed by atoms with van der Waals surface area (Å²) < 4.78 is 26.4. The Balaban J connectivity index is 2.02. The van der Waals surface area contributed by atoms with Crippen molar-refractivity contribution in [3.63, 3.8) is 0 Å². The van der Waals surface area contributed by atoms with E-state index in [0.717, 1.165) is 11.6 Å². The fourth-order valence-electron chi connectivity index (χ4n) is 1.88. The first-order valence-corrected chi connectivity index (χ1v) is 5.84. The Kier molecular flexibility index (Phi) is 4.05. The number of benzene rings is 2. The molecule has 0 radical (unpaired) electrons. The molecule has 2 rings (SSSR count). The van der Waals surface area contributed by atoms with Crippen LogP contribution >= 0.6 is 0 Å². The summed E-state index contributed by atoms with van der Waals surface area (Å²) in [6, 6.07) is 13.3. The third-order valence-corrected chi connectivity index (χ3v) is 2.90. The van der Waals surface area contributed by atoms with E-state index < -0.39 is 17.7 Å². The molecule has 1 atom stereocenters. The first-order chi connectivity index (χ1) is 8.68. The Hall–Kier alpha value is -1.74. The lowest BCUT2D eigenvalue weighted by Crippen LogP contribution is -2.01. The average molecular weight is 248 g/mol. The van der Waals surface area contributed by atoms with Crippen LogP contribution in [-0.2, 0) is 6.42 Å². The fourth-order valence-corrected chi connectivity index (χ4v) is 1.88. The van der Waals surface area contributed by atoms with E-state index in [1.54, 1.807) is 0 Å². The lowest BCUT2D eigenvalue weighted by Gasteiger charge is -2.11. The fraction of sp³-hybridized carbons (Fsp3) is 0.200. The van der Waals surface area contributed by atoms with Gasteiger partial charge < -0.3 is 5.11 Å². The van der Waals surface area contributed by atoms with E-state index in [1.807, 2.05) is 30.3 Å². The zero-order chi connectivity index (χ0) is 13.0. The lowest BCUT2D eigenvalue weighted by molar-refractivity contribution is 0.167. The van der Waals surface area contributed by atoms with Gasteiger partial charge in [0.2, 0.25) is 0 Å². The van der Waals surface area contributed by atoms with Crippen molar-refractivity contribution in [2.24, 2.45) is 0 Å². The lowest BCUT2D eigenvalue weighted by atomic mass is 10.0. The maximum atomic E-state index is 13.4. The van der Waals surface area contributed by atoms with Crippen molar-refractivity contribution in [2.45, 2.75) is 18.9 Å². The Morgan fingerprint density at radius 2 is 1.67 bits per heavy atom. The van der Waals surface area contributed by atoms with Gasteiger partial charge in [0, 0.05) is 0 Å². The van der Waals surface area contributed by atoms with Gasteiger partial charge in [0.25, 0.3) is 0 Å². The summed E-state index contributed by atoms with van der Waals surface area (Å²) in [4.78, 5) is 0. The molecule has 2 aromatic rings. The van der Waals surface area contributed by atoms with Crippen LogP contribution in [0.4, 0.5) is 8.78 Å². The van der Waals surface area contributed by atoms with Gasteiger partial charge in [0.1, 0.15) is 0 Å². The van der Waals surface area contributed by atoms with Gasteiger partial charge in [0.05, 0.1) is 6.10 Å². The number of aliphatic hydroxyl groups is 1. The Labute approximate surface area is 105 Å². The summed E-state index contributed by atoms with van der Waals surface area (Å²) in [6.07, 6.45) is 0.0122. The molecule has 0 aliphatic rings. The molecule has 3 heteroatoms. The number of rotatable bonds is 4. The molecule has 0 aliphatic carbocycles. The minimum absolute atomic E-state index is 0.296. The number of aliphatic hydroxyl groups excluding tert-OH is 1. The summed E-state index contributed by atoms with van der Waals surface area (Å²) in [5.41, 5.74) is 1.08. The highest BCUT2D eigenvalue weighted by Crippen LogP contribution is 2.20. The Morgan fingerprint density at radius 3 is 2.39 bits per heavy atom. The monoisotopic (exact) mass is 248 g/mol. The van der Waals surface area contributed by atoms with Gasteiger partial charge in [0.15, 0.2) is 11.6 Å². The van der Waals surface area contributed by atoms with Gasteiger partial charge in [-0.2, -0.15) is 0 Å². The molecule has 0 heterocycles. The second-order valence-corrected chi connectivity index (χ2v) is 4.18. The van der Waals surface area contributed by atoms with Crippen LogP contribution in [0.25, 0.3) is 0 Å². The van der Waals surface area contributed by atoms with E-state index in [4.69, 9.17) is 0 Å². The van der Waals surface area contributed by atoms with Crippen LogP contribution in [0, 0.1) is 11.6 Å². The van der Waals surface area contributed by atoms with E-state index in [9.17, 15) is 13.9 Å². The first-order valence-electron chi connectivity index (χ1n) is 5.84. The molecule has 0 saturated carbocycles. The summed E-state index contributed by atoms with van der Waals surface area (Å²) in [7, 11) is 0. The molecule has 1 unspecified atom stereocenters. The molecule has 0 bridgehead atoms. The largest absolute Gasteiger partial charge is 0.388 e. The van der Waals surface area contributed by atoms with Crippen molar-refractivity contribution < 1.29 is 13.9 Å². The van der Waals surface area contributed by atoms with E-state index >= 15 is 0 Å². The second-order valence-electron chi connectivity index (χ2n) is 4.18. The number of halogens is 2. The molecule has 0 saturated heterocycles. The minimum Gasteiger partial charge on any atom is -0.388 e. The molecular weight excluding hydrogens is 234 g/mol. The van der Waals surface area contributed by atoms with E-state index in [0.29, 0.717) is 18.4 Å². The number of hydrogen-bond acceptors (Lipinski definition) is 1. The quantitative estimate of drug-likeness (QED) is 0.876. The molecule has 0 aromatic heterocycles. The minimum atomic E-state index is -0.846. The molecule has 0 aliphatic heterocycles. The van der Waals surface area contributed by atoms with Gasteiger partial charge in [-0.05, 0) is 30.0 Å². The Bertz CT molecular complexity index is 511. The van der Waals surface area contributed by atoms with Crippen LogP contribution in [0.5, 0.6) is 0 Å². The van der Waals surface area contributed by atoms with Crippen molar-refractivity contribution in [2.75, 3.05) is 0 Å². The molecule has 0 fully saturated rings. The predicted octanol–water partition coefficient (Wildman–Crippen LogP) is 3.63. The van der Waals surface area contributed by atoms with Crippen LogP contribution in [0.3, 0.4) is 0 Å². The van der Waals surface area contributed by atoms with Crippen LogP contribution in [0.1, 0.15) is 23.7 Å². The van der Waals surface area contributed by atoms with Gasteiger partial charge in [-0.15, -0.1) is 0 Å². The average Bonchev–Trinajstić information content (AvgIpc) is 2.41. The van der Waals surface area contributed by atoms with Crippen LogP contribution in [-0.4, -0.2) is 5.11 Å². The topological polar surface area (TPSA) is 20.2 Å². The molecule has 94 valence electrons. The number of hydrogen-bond donors (Lipinski definition) is 1. The zero-order valence-electron chi connectivity index (χ0n) is 9.81. The van der Waals surface area contributed by atoms with Crippen molar-refractivity contribution in [1.29, 1.82) is 0 Å². The highest BCUT2D eigenvalue weighted by Gasteiger charge is 2.11. The molecule has 0 spiro atoms. The third kappa shape index (κ3) is 2.93. The molecule has 2 aromatic carbocycles. The van der Waals surface area contributed by atoms with Crippen molar-refractivity contribution in [1.82, 2.24) is 0 Å². The molecule has 1 nitrogen and oxygen atoms in total. The van der Waals surface area contributed by atoms with Crippen LogP contribution < -0.4 is 0 Å². The molecule has 1 N–H and O–H groups in total. The predicted molar refractivity (Wildman–Crippen MR) is 66.1 cm³/mol. The normalized spacial score (nSPS) is 12.4. The SMILES string of the molecule is OC(CCc1cccc(F)c1F)c1ccccc1. The summed E-state index contributed by atoms with van der Waals surface area (Å²) >= 11 is 0. The molecule has 18 heavy (non-hydrogen) atoms. The standard InChI is InChI=1S/C15H14F2O/c16-13-8-4-7-12(15(13)17)9-10-14(18)11-5-2-1-3-6-11/h1-8,14,18H,9-10H2. The van der Waals surface area contributed by atoms with Gasteiger partial charge >= 0.3 is 0 Å². The third-order valence-electron chi connectivity index (χ3n) is 2.90. The van der Waals surface area contributed by atoms with E-state index in [2.05, 4.69) is 0 Å². The summed E-state index contributed by atoms with van der Waals surface area (Å²) in [5, 5.41) is 9.93. The van der Waals surface area contributed by atoms with Gasteiger partial charge in [-0.1, -0.05) is 42.5 Å². The first kappa shape index (κ1) is 12.7.